The Morgan fingerprint density at radius 1 is 1.15 bits per heavy atom. The summed E-state index contributed by atoms with van der Waals surface area (Å²) < 4.78 is 55.6. The maximum Gasteiger partial charge on any atom is 0.416 e. The molecule has 0 saturated carbocycles. The van der Waals surface area contributed by atoms with Gasteiger partial charge in [0.05, 0.1) is 23.5 Å². The molecule has 2 aliphatic heterocycles. The molecular weight excluding hydrogens is 544 g/mol. The Balaban J connectivity index is 1.33. The van der Waals surface area contributed by atoms with Crippen molar-refractivity contribution in [3.63, 3.8) is 0 Å². The number of pyridine rings is 1. The molecule has 9 nitrogen and oxygen atoms in total. The van der Waals surface area contributed by atoms with Gasteiger partial charge in [-0.3, -0.25) is 14.4 Å². The van der Waals surface area contributed by atoms with Gasteiger partial charge in [0.2, 0.25) is 11.8 Å². The van der Waals surface area contributed by atoms with E-state index in [4.69, 9.17) is 0 Å². The van der Waals surface area contributed by atoms with Gasteiger partial charge < -0.3 is 24.4 Å². The number of benzene rings is 1. The Hall–Kier alpha value is -4.42. The zero-order chi connectivity index (χ0) is 29.7. The molecule has 13 heteroatoms. The fraction of sp³-hybridized carbons (Fsp3) is 0.357. The minimum atomic E-state index is -4.78. The maximum absolute atomic E-state index is 14.3. The van der Waals surface area contributed by atoms with Crippen LogP contribution < -0.4 is 10.2 Å². The summed E-state index contributed by atoms with van der Waals surface area (Å²) in [6.07, 6.45) is 1.23. The number of hydrogen-bond donors (Lipinski definition) is 1. The summed E-state index contributed by atoms with van der Waals surface area (Å²) in [5, 5.41) is 2.34. The van der Waals surface area contributed by atoms with Crippen LogP contribution in [0.1, 0.15) is 35.7 Å². The van der Waals surface area contributed by atoms with Crippen molar-refractivity contribution < 1.29 is 31.9 Å². The number of nitrogens with zero attached hydrogens (tertiary/aromatic N) is 5. The van der Waals surface area contributed by atoms with Crippen LogP contribution in [0.3, 0.4) is 0 Å². The summed E-state index contributed by atoms with van der Waals surface area (Å²) in [4.78, 5) is 49.1. The van der Waals surface area contributed by atoms with Crippen molar-refractivity contribution in [2.45, 2.75) is 37.5 Å². The number of carbonyl (C=O) groups is 3. The minimum Gasteiger partial charge on any atom is -0.340 e. The molecule has 5 rings (SSSR count). The molecule has 0 aliphatic carbocycles. The third kappa shape index (κ3) is 5.00. The number of halogens is 4. The lowest BCUT2D eigenvalue weighted by atomic mass is 9.85. The molecule has 1 N–H and O–H groups in total. The van der Waals surface area contributed by atoms with Crippen LogP contribution in [-0.2, 0) is 15.8 Å². The lowest BCUT2D eigenvalue weighted by molar-refractivity contribution is -0.138. The van der Waals surface area contributed by atoms with Crippen molar-refractivity contribution in [2.75, 3.05) is 31.7 Å². The number of fused-ring (bicyclic) bond motifs is 1. The van der Waals surface area contributed by atoms with Crippen molar-refractivity contribution in [3.05, 3.63) is 78.0 Å². The Kier molecular flexibility index (Phi) is 7.00. The number of likely N-dealkylation sites (N-methyl/N-ethyl adjacent to an activating group) is 1. The third-order valence-electron chi connectivity index (χ3n) is 7.76. The van der Waals surface area contributed by atoms with E-state index >= 15 is 0 Å². The fourth-order valence-electron chi connectivity index (χ4n) is 5.52. The van der Waals surface area contributed by atoms with Gasteiger partial charge in [0.1, 0.15) is 23.0 Å². The third-order valence-corrected chi connectivity index (χ3v) is 7.76. The quantitative estimate of drug-likeness (QED) is 0.374. The van der Waals surface area contributed by atoms with E-state index < -0.39 is 46.5 Å². The molecule has 2 fully saturated rings. The van der Waals surface area contributed by atoms with E-state index in [1.54, 1.807) is 18.1 Å². The van der Waals surface area contributed by atoms with Gasteiger partial charge in [-0.15, -0.1) is 0 Å². The second-order valence-corrected chi connectivity index (χ2v) is 10.5. The summed E-state index contributed by atoms with van der Waals surface area (Å²) in [5.41, 5.74) is -1.10. The molecule has 2 aromatic heterocycles. The van der Waals surface area contributed by atoms with Gasteiger partial charge in [0.15, 0.2) is 0 Å². The molecule has 1 aromatic carbocycles. The van der Waals surface area contributed by atoms with E-state index in [0.29, 0.717) is 37.7 Å². The highest BCUT2D eigenvalue weighted by molar-refractivity contribution is 5.99. The zero-order valence-corrected chi connectivity index (χ0v) is 22.4. The second kappa shape index (κ2) is 10.2. The number of nitrogens with one attached hydrogen (secondary N) is 1. The predicted molar refractivity (Wildman–Crippen MR) is 141 cm³/mol. The van der Waals surface area contributed by atoms with Crippen molar-refractivity contribution >= 4 is 29.1 Å². The minimum absolute atomic E-state index is 0.0693. The lowest BCUT2D eigenvalue weighted by Gasteiger charge is -2.44. The molecule has 3 amide bonds. The predicted octanol–water partition coefficient (Wildman–Crippen LogP) is 3.46. The molecule has 2 aliphatic rings. The zero-order valence-electron chi connectivity index (χ0n) is 22.4. The van der Waals surface area contributed by atoms with Crippen LogP contribution in [-0.4, -0.2) is 75.3 Å². The number of aromatic nitrogens is 2. The molecule has 3 aromatic rings. The van der Waals surface area contributed by atoms with Crippen molar-refractivity contribution in [2.24, 2.45) is 0 Å². The highest BCUT2D eigenvalue weighted by Gasteiger charge is 2.53. The number of alkyl halides is 3. The van der Waals surface area contributed by atoms with Gasteiger partial charge in [0.25, 0.3) is 5.91 Å². The molecule has 41 heavy (non-hydrogen) atoms. The standard InChI is InChI=1S/C28H28F4N6O3/c1-17(2)23(34-24(39)20-14-18(28(30,31)32)4-6-21(20)29)25(40)36-11-8-27(9-12-36)26(41)35(3)16-38(27)19-5-7-22-33-10-13-37(22)15-19/h4-7,10,13-15,23H,1,8-9,11-12,16H2,2-3H3,(H,34,39)/t23-/m1/s1. The molecule has 1 atom stereocenters. The highest BCUT2D eigenvalue weighted by Crippen LogP contribution is 2.39. The molecule has 4 heterocycles. The normalized spacial score (nSPS) is 17.8. The first kappa shape index (κ1) is 28.1. The van der Waals surface area contributed by atoms with Crippen LogP contribution in [0.5, 0.6) is 0 Å². The van der Waals surface area contributed by atoms with Gasteiger partial charge in [-0.1, -0.05) is 6.58 Å². The topological polar surface area (TPSA) is 90.3 Å². The molecule has 2 saturated heterocycles. The van der Waals surface area contributed by atoms with Crippen LogP contribution in [0.15, 0.2) is 61.1 Å². The number of carbonyl (C=O) groups excluding carboxylic acids is 3. The van der Waals surface area contributed by atoms with Gasteiger partial charge in [-0.2, -0.15) is 13.2 Å². The fourth-order valence-corrected chi connectivity index (χ4v) is 5.52. The van der Waals surface area contributed by atoms with Gasteiger partial charge in [0, 0.05) is 38.7 Å². The van der Waals surface area contributed by atoms with Crippen LogP contribution >= 0.6 is 0 Å². The Bertz CT molecular complexity index is 1540. The monoisotopic (exact) mass is 572 g/mol. The van der Waals surface area contributed by atoms with Gasteiger partial charge in [-0.25, -0.2) is 9.37 Å². The van der Waals surface area contributed by atoms with E-state index in [9.17, 15) is 31.9 Å². The van der Waals surface area contributed by atoms with Crippen LogP contribution in [0.4, 0.5) is 23.2 Å². The first-order valence-corrected chi connectivity index (χ1v) is 12.9. The smallest absolute Gasteiger partial charge is 0.340 e. The largest absolute Gasteiger partial charge is 0.416 e. The SMILES string of the molecule is C=C(C)[C@@H](NC(=O)c1cc(C(F)(F)F)ccc1F)C(=O)N1CCC2(CC1)C(=O)N(C)CN2c1ccc2nccn2c1. The number of rotatable bonds is 5. The number of imidazole rings is 1. The number of anilines is 1. The van der Waals surface area contributed by atoms with E-state index in [-0.39, 0.29) is 24.6 Å². The number of piperidine rings is 1. The first-order chi connectivity index (χ1) is 19.3. The van der Waals surface area contributed by atoms with E-state index in [1.807, 2.05) is 33.8 Å². The second-order valence-electron chi connectivity index (χ2n) is 10.5. The van der Waals surface area contributed by atoms with Gasteiger partial charge in [-0.05, 0) is 55.7 Å². The summed E-state index contributed by atoms with van der Waals surface area (Å²) in [6, 6.07) is 3.96. The molecule has 0 unspecified atom stereocenters. The molecule has 0 bridgehead atoms. The van der Waals surface area contributed by atoms with Crippen LogP contribution in [0.2, 0.25) is 0 Å². The summed E-state index contributed by atoms with van der Waals surface area (Å²) in [6.45, 7) is 5.96. The first-order valence-electron chi connectivity index (χ1n) is 12.9. The van der Waals surface area contributed by atoms with Crippen LogP contribution in [0.25, 0.3) is 5.65 Å². The average molecular weight is 573 g/mol. The Morgan fingerprint density at radius 2 is 1.85 bits per heavy atom. The average Bonchev–Trinajstić information content (AvgIpc) is 3.49. The van der Waals surface area contributed by atoms with Gasteiger partial charge >= 0.3 is 6.18 Å². The Labute approximate surface area is 233 Å². The van der Waals surface area contributed by atoms with Crippen molar-refractivity contribution in [1.29, 1.82) is 0 Å². The van der Waals surface area contributed by atoms with Crippen LogP contribution in [0, 0.1) is 5.82 Å². The van der Waals surface area contributed by atoms with E-state index in [1.165, 1.54) is 11.8 Å². The van der Waals surface area contributed by atoms with E-state index in [2.05, 4.69) is 16.9 Å². The number of hydrogen-bond acceptors (Lipinski definition) is 5. The van der Waals surface area contributed by atoms with Crippen molar-refractivity contribution in [1.82, 2.24) is 24.5 Å². The van der Waals surface area contributed by atoms with E-state index in [0.717, 1.165) is 11.3 Å². The number of likely N-dealkylation sites (tertiary alicyclic amines) is 1. The molecular formula is C28H28F4N6O3. The number of amides is 3. The molecule has 0 radical (unpaired) electrons. The maximum atomic E-state index is 14.3. The highest BCUT2D eigenvalue weighted by atomic mass is 19.4. The summed E-state index contributed by atoms with van der Waals surface area (Å²) in [5.74, 6) is -2.93. The summed E-state index contributed by atoms with van der Waals surface area (Å²) >= 11 is 0. The van der Waals surface area contributed by atoms with Crippen molar-refractivity contribution in [3.8, 4) is 0 Å². The molecule has 216 valence electrons. The Morgan fingerprint density at radius 3 is 2.51 bits per heavy atom. The lowest BCUT2D eigenvalue weighted by Crippen LogP contribution is -2.59. The molecule has 1 spiro atoms. The summed E-state index contributed by atoms with van der Waals surface area (Å²) in [7, 11) is 1.72.